The zero-order valence-electron chi connectivity index (χ0n) is 13.3. The number of aromatic nitrogens is 1. The van der Waals surface area contributed by atoms with Gasteiger partial charge in [-0.15, -0.1) is 0 Å². The van der Waals surface area contributed by atoms with Gasteiger partial charge in [0, 0.05) is 17.3 Å². The van der Waals surface area contributed by atoms with Crippen LogP contribution in [0.4, 0.5) is 0 Å². The second-order valence-electron chi connectivity index (χ2n) is 5.29. The first-order valence-corrected chi connectivity index (χ1v) is 7.50. The van der Waals surface area contributed by atoms with Gasteiger partial charge < -0.3 is 14.1 Å². The molecule has 122 valence electrons. The van der Waals surface area contributed by atoms with Crippen molar-refractivity contribution in [3.63, 3.8) is 0 Å². The van der Waals surface area contributed by atoms with Crippen LogP contribution >= 0.6 is 0 Å². The number of aromatic amines is 1. The molecule has 6 heteroatoms. The van der Waals surface area contributed by atoms with Gasteiger partial charge in [0.25, 0.3) is 5.56 Å². The number of aryl methyl sites for hydroxylation is 1. The highest BCUT2D eigenvalue weighted by atomic mass is 16.5. The van der Waals surface area contributed by atoms with Crippen LogP contribution in [0.5, 0.6) is 0 Å². The molecule has 0 saturated heterocycles. The number of rotatable bonds is 3. The third-order valence-electron chi connectivity index (χ3n) is 3.61. The fourth-order valence-electron chi connectivity index (χ4n) is 2.67. The molecular formula is C18H16N2O4. The summed E-state index contributed by atoms with van der Waals surface area (Å²) in [6.07, 6.45) is 0. The van der Waals surface area contributed by atoms with E-state index in [1.54, 1.807) is 44.2 Å². The van der Waals surface area contributed by atoms with Crippen molar-refractivity contribution in [2.45, 2.75) is 13.8 Å². The molecule has 0 fully saturated rings. The Morgan fingerprint density at radius 2 is 2.00 bits per heavy atom. The molecule has 0 atom stereocenters. The summed E-state index contributed by atoms with van der Waals surface area (Å²) in [7, 11) is 0. The highest BCUT2D eigenvalue weighted by Gasteiger charge is 2.23. The van der Waals surface area contributed by atoms with Crippen LogP contribution < -0.4 is 11.1 Å². The topological polar surface area (TPSA) is 96.2 Å². The zero-order valence-corrected chi connectivity index (χ0v) is 13.3. The van der Waals surface area contributed by atoms with Crippen LogP contribution in [0.3, 0.4) is 0 Å². The molecule has 2 N–H and O–H groups in total. The van der Waals surface area contributed by atoms with Crippen molar-refractivity contribution in [1.82, 2.24) is 4.98 Å². The third kappa shape index (κ3) is 2.62. The van der Waals surface area contributed by atoms with E-state index in [0.717, 1.165) is 0 Å². The minimum absolute atomic E-state index is 0.0510. The lowest BCUT2D eigenvalue weighted by Gasteiger charge is -2.12. The maximum Gasteiger partial charge on any atom is 0.344 e. The van der Waals surface area contributed by atoms with Gasteiger partial charge in [0.1, 0.15) is 11.1 Å². The minimum atomic E-state index is -0.688. The number of fused-ring (bicyclic) bond motifs is 1. The SMILES string of the molecule is CCOC(=O)c1c(-c2ccccc2)c2c(=O)[nH]c(C)cc2oc1=N. The average molecular weight is 324 g/mol. The molecule has 0 amide bonds. The predicted molar refractivity (Wildman–Crippen MR) is 88.8 cm³/mol. The van der Waals surface area contributed by atoms with Gasteiger partial charge in [-0.3, -0.25) is 10.2 Å². The van der Waals surface area contributed by atoms with Crippen LogP contribution in [-0.2, 0) is 4.74 Å². The molecule has 0 unspecified atom stereocenters. The Labute approximate surface area is 137 Å². The summed E-state index contributed by atoms with van der Waals surface area (Å²) in [5.41, 5.74) is 1.10. The van der Waals surface area contributed by atoms with E-state index in [2.05, 4.69) is 4.98 Å². The van der Waals surface area contributed by atoms with E-state index in [1.165, 1.54) is 0 Å². The number of nitrogens with one attached hydrogen (secondary N) is 2. The van der Waals surface area contributed by atoms with Gasteiger partial charge in [0.2, 0.25) is 5.55 Å². The quantitative estimate of drug-likeness (QED) is 0.724. The molecule has 1 aromatic carbocycles. The lowest BCUT2D eigenvalue weighted by atomic mass is 9.97. The molecule has 0 bridgehead atoms. The number of benzene rings is 1. The maximum absolute atomic E-state index is 12.5. The fraction of sp³-hybridized carbons (Fsp3) is 0.167. The van der Waals surface area contributed by atoms with Crippen LogP contribution in [0, 0.1) is 12.3 Å². The van der Waals surface area contributed by atoms with Crippen molar-refractivity contribution in [2.75, 3.05) is 6.61 Å². The molecule has 0 aliphatic rings. The average Bonchev–Trinajstić information content (AvgIpc) is 2.54. The van der Waals surface area contributed by atoms with Gasteiger partial charge in [-0.2, -0.15) is 0 Å². The Hall–Kier alpha value is -3.15. The minimum Gasteiger partial charge on any atom is -0.462 e. The smallest absolute Gasteiger partial charge is 0.344 e. The van der Waals surface area contributed by atoms with Gasteiger partial charge in [-0.05, 0) is 19.4 Å². The number of pyridine rings is 1. The van der Waals surface area contributed by atoms with Gasteiger partial charge in [-0.25, -0.2) is 4.79 Å². The Morgan fingerprint density at radius 1 is 1.29 bits per heavy atom. The van der Waals surface area contributed by atoms with Crippen molar-refractivity contribution in [2.24, 2.45) is 0 Å². The molecule has 0 aliphatic carbocycles. The third-order valence-corrected chi connectivity index (χ3v) is 3.61. The molecule has 2 heterocycles. The van der Waals surface area contributed by atoms with Crippen molar-refractivity contribution in [1.29, 1.82) is 5.41 Å². The monoisotopic (exact) mass is 324 g/mol. The normalized spacial score (nSPS) is 10.8. The van der Waals surface area contributed by atoms with E-state index in [9.17, 15) is 9.59 Å². The summed E-state index contributed by atoms with van der Waals surface area (Å²) in [5, 5.41) is 8.34. The van der Waals surface area contributed by atoms with E-state index in [0.29, 0.717) is 16.8 Å². The Kier molecular flexibility index (Phi) is 4.04. The van der Waals surface area contributed by atoms with E-state index in [1.807, 2.05) is 6.07 Å². The van der Waals surface area contributed by atoms with Crippen LogP contribution in [0.2, 0.25) is 0 Å². The first-order valence-electron chi connectivity index (χ1n) is 7.50. The highest BCUT2D eigenvalue weighted by Crippen LogP contribution is 2.28. The molecule has 0 saturated carbocycles. The number of carbonyl (C=O) groups excluding carboxylic acids is 1. The zero-order chi connectivity index (χ0) is 17.3. The molecule has 3 rings (SSSR count). The van der Waals surface area contributed by atoms with E-state index >= 15 is 0 Å². The highest BCUT2D eigenvalue weighted by molar-refractivity contribution is 6.05. The first kappa shape index (κ1) is 15.7. The van der Waals surface area contributed by atoms with Crippen molar-refractivity contribution < 1.29 is 13.9 Å². The second kappa shape index (κ2) is 6.16. The van der Waals surface area contributed by atoms with Gasteiger partial charge in [0.05, 0.1) is 12.0 Å². The van der Waals surface area contributed by atoms with E-state index in [-0.39, 0.29) is 34.3 Å². The summed E-state index contributed by atoms with van der Waals surface area (Å²) in [6, 6.07) is 10.6. The number of hydrogen-bond donors (Lipinski definition) is 2. The van der Waals surface area contributed by atoms with Crippen LogP contribution in [0.1, 0.15) is 23.0 Å². The van der Waals surface area contributed by atoms with Crippen molar-refractivity contribution in [3.05, 3.63) is 63.6 Å². The van der Waals surface area contributed by atoms with Crippen molar-refractivity contribution in [3.8, 4) is 11.1 Å². The van der Waals surface area contributed by atoms with Gasteiger partial charge >= 0.3 is 5.97 Å². The second-order valence-corrected chi connectivity index (χ2v) is 5.29. The molecular weight excluding hydrogens is 308 g/mol. The van der Waals surface area contributed by atoms with Gasteiger partial charge in [-0.1, -0.05) is 30.3 Å². The number of hydrogen-bond acceptors (Lipinski definition) is 5. The lowest BCUT2D eigenvalue weighted by Crippen LogP contribution is -2.21. The number of carbonyl (C=O) groups is 1. The molecule has 0 aliphatic heterocycles. The molecule has 6 nitrogen and oxygen atoms in total. The Balaban J connectivity index is 2.51. The van der Waals surface area contributed by atoms with Crippen molar-refractivity contribution >= 4 is 16.9 Å². The predicted octanol–water partition coefficient (Wildman–Crippen LogP) is 2.75. The van der Waals surface area contributed by atoms with E-state index < -0.39 is 5.97 Å². The van der Waals surface area contributed by atoms with E-state index in [4.69, 9.17) is 14.6 Å². The Bertz CT molecular complexity index is 1030. The molecule has 0 radical (unpaired) electrons. The lowest BCUT2D eigenvalue weighted by molar-refractivity contribution is 0.0522. The summed E-state index contributed by atoms with van der Waals surface area (Å²) in [6.45, 7) is 3.56. The summed E-state index contributed by atoms with van der Waals surface area (Å²) >= 11 is 0. The molecule has 2 aromatic heterocycles. The molecule has 24 heavy (non-hydrogen) atoms. The maximum atomic E-state index is 12.5. The number of ether oxygens (including phenoxy) is 1. The Morgan fingerprint density at radius 3 is 2.67 bits per heavy atom. The number of esters is 1. The van der Waals surface area contributed by atoms with Crippen LogP contribution in [0.15, 0.2) is 45.6 Å². The molecule has 0 spiro atoms. The summed E-state index contributed by atoms with van der Waals surface area (Å²) in [5.74, 6) is -0.688. The standard InChI is InChI=1S/C18H16N2O4/c1-3-23-18(22)15-13(11-7-5-4-6-8-11)14-12(24-16(15)19)9-10(2)20-17(14)21/h4-9,19H,3H2,1-2H3,(H,20,21). The molecule has 3 aromatic rings. The first-order chi connectivity index (χ1) is 11.5. The number of H-pyrrole nitrogens is 1. The van der Waals surface area contributed by atoms with Gasteiger partial charge in [0.15, 0.2) is 0 Å². The van der Waals surface area contributed by atoms with Crippen LogP contribution in [-0.4, -0.2) is 17.6 Å². The largest absolute Gasteiger partial charge is 0.462 e. The fourth-order valence-corrected chi connectivity index (χ4v) is 2.67. The summed E-state index contributed by atoms with van der Waals surface area (Å²) < 4.78 is 10.5. The van der Waals surface area contributed by atoms with Crippen LogP contribution in [0.25, 0.3) is 22.1 Å². The summed E-state index contributed by atoms with van der Waals surface area (Å²) in [4.78, 5) is 27.6.